The minimum absolute atomic E-state index is 0.100. The van der Waals surface area contributed by atoms with Crippen LogP contribution in [0.25, 0.3) is 0 Å². The Balaban J connectivity index is 1.89. The predicted octanol–water partition coefficient (Wildman–Crippen LogP) is 2.45. The summed E-state index contributed by atoms with van der Waals surface area (Å²) in [6.07, 6.45) is 6.99. The lowest BCUT2D eigenvalue weighted by Gasteiger charge is -2.36. The topological polar surface area (TPSA) is 111 Å². The first-order valence-electron chi connectivity index (χ1n) is 14.5. The van der Waals surface area contributed by atoms with Crippen molar-refractivity contribution in [2.45, 2.75) is 76.6 Å². The van der Waals surface area contributed by atoms with Crippen LogP contribution in [0, 0.1) is 18.3 Å². The zero-order valence-corrected chi connectivity index (χ0v) is 24.4. The van der Waals surface area contributed by atoms with Crippen LogP contribution in [-0.2, 0) is 27.2 Å². The lowest BCUT2D eigenvalue weighted by molar-refractivity contribution is -0.144. The van der Waals surface area contributed by atoms with Crippen LogP contribution in [0.15, 0.2) is 60.7 Å². The van der Waals surface area contributed by atoms with Gasteiger partial charge in [-0.3, -0.25) is 14.4 Å². The number of carbonyl (C=O) groups is 3. The van der Waals surface area contributed by atoms with E-state index in [1.54, 1.807) is 4.90 Å². The van der Waals surface area contributed by atoms with E-state index < -0.39 is 23.7 Å². The fourth-order valence-corrected chi connectivity index (χ4v) is 5.66. The number of likely N-dealkylation sites (tertiary alicyclic amines) is 1. The van der Waals surface area contributed by atoms with E-state index in [9.17, 15) is 19.5 Å². The van der Waals surface area contributed by atoms with Gasteiger partial charge in [0.1, 0.15) is 11.6 Å². The molecule has 4 N–H and O–H groups in total. The number of rotatable bonds is 15. The third kappa shape index (κ3) is 8.42. The van der Waals surface area contributed by atoms with Gasteiger partial charge in [-0.1, -0.05) is 86.9 Å². The lowest BCUT2D eigenvalue weighted by Crippen LogP contribution is -2.60. The third-order valence-corrected chi connectivity index (χ3v) is 8.14. The van der Waals surface area contributed by atoms with E-state index >= 15 is 0 Å². The van der Waals surface area contributed by atoms with Crippen molar-refractivity contribution in [2.24, 2.45) is 5.92 Å². The average Bonchev–Trinajstić information content (AvgIpc) is 3.29. The largest absolute Gasteiger partial charge is 0.390 e. The summed E-state index contributed by atoms with van der Waals surface area (Å²) in [6.45, 7) is 6.24. The molecule has 0 saturated carbocycles. The molecule has 3 amide bonds. The SMILES string of the molecule is C#CCNCC(O)C(Cc1ccccc1)NC(=O)[C@H](CCc1ccccc1)N1CCC(NC(C)=O)(C(C)CC)C1=O. The first-order chi connectivity index (χ1) is 19.7. The number of benzene rings is 2. The molecule has 1 aliphatic heterocycles. The zero-order chi connectivity index (χ0) is 29.8. The molecule has 0 aromatic heterocycles. The highest BCUT2D eigenvalue weighted by Crippen LogP contribution is 2.34. The Labute approximate surface area is 244 Å². The summed E-state index contributed by atoms with van der Waals surface area (Å²) < 4.78 is 0. The van der Waals surface area contributed by atoms with Crippen molar-refractivity contribution in [3.8, 4) is 12.3 Å². The minimum Gasteiger partial charge on any atom is -0.390 e. The Hall–Kier alpha value is -3.67. The van der Waals surface area contributed by atoms with Crippen molar-refractivity contribution < 1.29 is 19.5 Å². The van der Waals surface area contributed by atoms with Crippen LogP contribution < -0.4 is 16.0 Å². The van der Waals surface area contributed by atoms with Gasteiger partial charge in [-0.2, -0.15) is 0 Å². The summed E-state index contributed by atoms with van der Waals surface area (Å²) >= 11 is 0. The number of carbonyl (C=O) groups excluding carboxylic acids is 3. The Morgan fingerprint density at radius 2 is 1.73 bits per heavy atom. The van der Waals surface area contributed by atoms with Gasteiger partial charge in [-0.15, -0.1) is 6.42 Å². The van der Waals surface area contributed by atoms with E-state index in [0.29, 0.717) is 45.2 Å². The molecule has 5 atom stereocenters. The van der Waals surface area contributed by atoms with Crippen LogP contribution in [0.3, 0.4) is 0 Å². The minimum atomic E-state index is -1.05. The van der Waals surface area contributed by atoms with Gasteiger partial charge in [-0.25, -0.2) is 0 Å². The van der Waals surface area contributed by atoms with Crippen LogP contribution in [0.1, 0.15) is 51.2 Å². The Morgan fingerprint density at radius 3 is 2.32 bits per heavy atom. The highest BCUT2D eigenvalue weighted by molar-refractivity contribution is 5.96. The number of terminal acetylenes is 1. The van der Waals surface area contributed by atoms with E-state index in [4.69, 9.17) is 6.42 Å². The highest BCUT2D eigenvalue weighted by atomic mass is 16.3. The predicted molar refractivity (Wildman–Crippen MR) is 161 cm³/mol. The van der Waals surface area contributed by atoms with Crippen molar-refractivity contribution in [3.63, 3.8) is 0 Å². The number of aliphatic hydroxyl groups excluding tert-OH is 1. The number of hydrogen-bond donors (Lipinski definition) is 4. The molecule has 220 valence electrons. The number of amides is 3. The molecule has 41 heavy (non-hydrogen) atoms. The monoisotopic (exact) mass is 560 g/mol. The van der Waals surface area contributed by atoms with Crippen LogP contribution >= 0.6 is 0 Å². The van der Waals surface area contributed by atoms with Gasteiger partial charge in [-0.05, 0) is 42.7 Å². The van der Waals surface area contributed by atoms with Crippen molar-refractivity contribution >= 4 is 17.7 Å². The van der Waals surface area contributed by atoms with E-state index in [1.807, 2.05) is 74.5 Å². The van der Waals surface area contributed by atoms with Crippen molar-refractivity contribution in [1.29, 1.82) is 0 Å². The second-order valence-electron chi connectivity index (χ2n) is 11.0. The molecule has 0 radical (unpaired) electrons. The van der Waals surface area contributed by atoms with Crippen molar-refractivity contribution in [1.82, 2.24) is 20.9 Å². The van der Waals surface area contributed by atoms with Crippen molar-refractivity contribution in [3.05, 3.63) is 71.8 Å². The van der Waals surface area contributed by atoms with E-state index in [0.717, 1.165) is 11.1 Å². The van der Waals surface area contributed by atoms with Gasteiger partial charge in [0.05, 0.1) is 18.7 Å². The molecule has 8 nitrogen and oxygen atoms in total. The van der Waals surface area contributed by atoms with Gasteiger partial charge >= 0.3 is 0 Å². The van der Waals surface area contributed by atoms with E-state index in [1.165, 1.54) is 6.92 Å². The maximum Gasteiger partial charge on any atom is 0.249 e. The summed E-state index contributed by atoms with van der Waals surface area (Å²) in [7, 11) is 0. The first kappa shape index (κ1) is 31.9. The normalized spacial score (nSPS) is 19.6. The zero-order valence-electron chi connectivity index (χ0n) is 24.4. The molecule has 0 aliphatic carbocycles. The Bertz CT molecular complexity index is 1180. The van der Waals surface area contributed by atoms with Gasteiger partial charge in [0.15, 0.2) is 0 Å². The molecule has 1 fully saturated rings. The van der Waals surface area contributed by atoms with E-state index in [-0.39, 0.29) is 30.2 Å². The van der Waals surface area contributed by atoms with Crippen molar-refractivity contribution in [2.75, 3.05) is 19.6 Å². The van der Waals surface area contributed by atoms with Gasteiger partial charge in [0.2, 0.25) is 17.7 Å². The number of nitrogens with zero attached hydrogens (tertiary/aromatic N) is 1. The highest BCUT2D eigenvalue weighted by Gasteiger charge is 2.53. The Morgan fingerprint density at radius 1 is 1.10 bits per heavy atom. The summed E-state index contributed by atoms with van der Waals surface area (Å²) in [5.41, 5.74) is 0.980. The molecule has 2 aromatic carbocycles. The third-order valence-electron chi connectivity index (χ3n) is 8.14. The standard InChI is InChI=1S/C33H44N4O4/c1-5-20-34-23-30(39)28(22-27-15-11-8-12-16-27)35-31(40)29(18-17-26-13-9-7-10-14-26)37-21-19-33(32(37)41,24(3)6-2)36-25(4)38/h1,7-16,24,28-30,34,39H,6,17-23H2,2-4H3,(H,35,40)(H,36,38)/t24?,28?,29-,30?,33?/m0/s1. The smallest absolute Gasteiger partial charge is 0.249 e. The van der Waals surface area contributed by atoms with Crippen LogP contribution in [0.2, 0.25) is 0 Å². The molecule has 1 heterocycles. The fourth-order valence-electron chi connectivity index (χ4n) is 5.66. The molecule has 0 bridgehead atoms. The van der Waals surface area contributed by atoms with Gasteiger partial charge in [0, 0.05) is 20.0 Å². The molecule has 1 aliphatic rings. The molecule has 8 heteroatoms. The lowest BCUT2D eigenvalue weighted by atomic mass is 9.81. The summed E-state index contributed by atoms with van der Waals surface area (Å²) in [4.78, 5) is 41.9. The summed E-state index contributed by atoms with van der Waals surface area (Å²) in [5, 5.41) is 20.1. The summed E-state index contributed by atoms with van der Waals surface area (Å²) in [5.74, 6) is 1.57. The van der Waals surface area contributed by atoms with Crippen LogP contribution in [0.4, 0.5) is 0 Å². The molecule has 0 spiro atoms. The average molecular weight is 561 g/mol. The van der Waals surface area contributed by atoms with Gasteiger partial charge < -0.3 is 26.0 Å². The fraction of sp³-hybridized carbons (Fsp3) is 0.485. The van der Waals surface area contributed by atoms with E-state index in [2.05, 4.69) is 21.9 Å². The number of hydrogen-bond acceptors (Lipinski definition) is 5. The Kier molecular flexibility index (Phi) is 11.9. The number of nitrogens with one attached hydrogen (secondary N) is 3. The maximum atomic E-state index is 14.1. The molecule has 3 rings (SSSR count). The number of aryl methyl sites for hydroxylation is 1. The molecule has 2 aromatic rings. The molecular weight excluding hydrogens is 516 g/mol. The second kappa shape index (κ2) is 15.4. The number of aliphatic hydroxyl groups is 1. The second-order valence-corrected chi connectivity index (χ2v) is 11.0. The quantitative estimate of drug-likeness (QED) is 0.198. The van der Waals surface area contributed by atoms with Gasteiger partial charge in [0.25, 0.3) is 0 Å². The maximum absolute atomic E-state index is 14.1. The molecule has 1 saturated heterocycles. The van der Waals surface area contributed by atoms with Crippen LogP contribution in [-0.4, -0.2) is 71.1 Å². The van der Waals surface area contributed by atoms with Crippen LogP contribution in [0.5, 0.6) is 0 Å². The summed E-state index contributed by atoms with van der Waals surface area (Å²) in [6, 6.07) is 18.1. The first-order valence-corrected chi connectivity index (χ1v) is 14.5. The molecule has 4 unspecified atom stereocenters. The molecular formula is C33H44N4O4.